The number of nitrogens with zero attached hydrogens (tertiary/aromatic N) is 1. The number of fused-ring (bicyclic) bond motifs is 3. The minimum absolute atomic E-state index is 0.171. The highest BCUT2D eigenvalue weighted by molar-refractivity contribution is 7.90. The first kappa shape index (κ1) is 32.6. The van der Waals surface area contributed by atoms with Crippen LogP contribution in [0.15, 0.2) is 61.7 Å². The Morgan fingerprint density at radius 2 is 1.95 bits per heavy atom. The van der Waals surface area contributed by atoms with Gasteiger partial charge in [-0.3, -0.25) is 4.79 Å². The Labute approximate surface area is 267 Å². The summed E-state index contributed by atoms with van der Waals surface area (Å²) in [6.45, 7) is 12.8. The van der Waals surface area contributed by atoms with Gasteiger partial charge in [-0.25, -0.2) is 13.1 Å². The maximum atomic E-state index is 13.4. The third-order valence-corrected chi connectivity index (χ3v) is 12.3. The fourth-order valence-electron chi connectivity index (χ4n) is 7.25. The molecule has 1 fully saturated rings. The van der Waals surface area contributed by atoms with Crippen molar-refractivity contribution >= 4 is 33.2 Å². The molecule has 2 aliphatic carbocycles. The van der Waals surface area contributed by atoms with Crippen molar-refractivity contribution in [2.75, 3.05) is 24.6 Å². The van der Waals surface area contributed by atoms with Crippen molar-refractivity contribution < 1.29 is 23.1 Å². The summed E-state index contributed by atoms with van der Waals surface area (Å²) < 4.78 is 35.0. The molecule has 1 heterocycles. The number of hydrogen-bond donors (Lipinski definition) is 2. The number of anilines is 1. The number of ether oxygens (including phenoxy) is 1. The lowest BCUT2D eigenvalue weighted by molar-refractivity contribution is 0.0178. The number of carbonyl (C=O) groups is 1. The summed E-state index contributed by atoms with van der Waals surface area (Å²) in [4.78, 5) is 15.7. The SMILES string of the molecule is C=CC[C@H](C)[C@H](C)S(=O)(=O)NC(=O)c1ccc2c(c1)N(C[C@@H]1CC[C@H]1[C@@H](O)CC=C)C[C@@]1(CCCc3cc(Cl)ccc31)CO2. The van der Waals surface area contributed by atoms with Crippen LogP contribution in [-0.4, -0.2) is 50.5 Å². The number of allylic oxidation sites excluding steroid dienone is 1. The standard InChI is InChI=1S/C35H45ClN2O5S/c1-5-8-23(3)24(4)44(41,42)37-34(40)26-12-16-33-31(19-26)38(20-27-11-14-29(27)32(39)9-6-2)21-35(22-43-33)17-7-10-25-18-28(36)13-15-30(25)35/h5-6,12-13,15-16,18-19,23-24,27,29,32,39H,1-2,7-11,14,17,20-22H2,3-4H3,(H,37,40)/t23-,24-,27-,29+,32-,35-/m0/s1. The van der Waals surface area contributed by atoms with Crippen LogP contribution in [0.3, 0.4) is 0 Å². The highest BCUT2D eigenvalue weighted by atomic mass is 35.5. The van der Waals surface area contributed by atoms with Gasteiger partial charge in [0, 0.05) is 29.1 Å². The van der Waals surface area contributed by atoms with Crippen LogP contribution >= 0.6 is 11.6 Å². The average molecular weight is 641 g/mol. The molecule has 3 aliphatic rings. The van der Waals surface area contributed by atoms with Crippen LogP contribution in [0.1, 0.15) is 73.9 Å². The molecule has 1 aliphatic heterocycles. The van der Waals surface area contributed by atoms with Gasteiger partial charge in [-0.2, -0.15) is 0 Å². The van der Waals surface area contributed by atoms with Crippen LogP contribution in [0.4, 0.5) is 5.69 Å². The second-order valence-corrected chi connectivity index (χ2v) is 15.5. The molecule has 1 saturated carbocycles. The Kier molecular flexibility index (Phi) is 9.83. The van der Waals surface area contributed by atoms with Crippen molar-refractivity contribution in [2.24, 2.45) is 17.8 Å². The number of halogens is 1. The summed E-state index contributed by atoms with van der Waals surface area (Å²) in [6, 6.07) is 11.3. The van der Waals surface area contributed by atoms with Gasteiger partial charge in [-0.15, -0.1) is 13.2 Å². The van der Waals surface area contributed by atoms with Crippen LogP contribution in [0, 0.1) is 17.8 Å². The first-order valence-corrected chi connectivity index (χ1v) is 17.7. The van der Waals surface area contributed by atoms with E-state index in [-0.39, 0.29) is 28.7 Å². The number of amides is 1. The highest BCUT2D eigenvalue weighted by Crippen LogP contribution is 2.46. The molecule has 2 N–H and O–H groups in total. The lowest BCUT2D eigenvalue weighted by atomic mass is 9.68. The Morgan fingerprint density at radius 1 is 1.18 bits per heavy atom. The molecule has 0 unspecified atom stereocenters. The summed E-state index contributed by atoms with van der Waals surface area (Å²) in [5.41, 5.74) is 3.23. The van der Waals surface area contributed by atoms with Gasteiger partial charge in [0.25, 0.3) is 5.91 Å². The van der Waals surface area contributed by atoms with E-state index in [0.29, 0.717) is 38.3 Å². The summed E-state index contributed by atoms with van der Waals surface area (Å²) in [5, 5.41) is 10.8. The Bertz CT molecular complexity index is 1510. The van der Waals surface area contributed by atoms with E-state index in [2.05, 4.69) is 34.9 Å². The molecule has 0 saturated heterocycles. The predicted octanol–water partition coefficient (Wildman–Crippen LogP) is 6.44. The zero-order chi connectivity index (χ0) is 31.6. The van der Waals surface area contributed by atoms with Gasteiger partial charge in [0.1, 0.15) is 5.75 Å². The molecule has 2 aromatic rings. The van der Waals surface area contributed by atoms with E-state index in [1.165, 1.54) is 11.1 Å². The summed E-state index contributed by atoms with van der Waals surface area (Å²) >= 11 is 6.39. The third kappa shape index (κ3) is 6.58. The Balaban J connectivity index is 1.48. The molecule has 0 radical (unpaired) electrons. The molecular formula is C35H45ClN2O5S. The van der Waals surface area contributed by atoms with Crippen LogP contribution in [0.5, 0.6) is 5.75 Å². The van der Waals surface area contributed by atoms with E-state index in [0.717, 1.165) is 42.8 Å². The zero-order valence-corrected chi connectivity index (χ0v) is 27.4. The minimum Gasteiger partial charge on any atom is -0.490 e. The van der Waals surface area contributed by atoms with Gasteiger partial charge in [-0.1, -0.05) is 36.7 Å². The van der Waals surface area contributed by atoms with Crippen molar-refractivity contribution in [2.45, 2.75) is 75.6 Å². The predicted molar refractivity (Wildman–Crippen MR) is 177 cm³/mol. The monoisotopic (exact) mass is 640 g/mol. The van der Waals surface area contributed by atoms with Crippen LogP contribution in [0.25, 0.3) is 0 Å². The smallest absolute Gasteiger partial charge is 0.264 e. The number of nitrogens with one attached hydrogen (secondary N) is 1. The van der Waals surface area contributed by atoms with Crippen molar-refractivity contribution in [3.8, 4) is 5.75 Å². The van der Waals surface area contributed by atoms with Crippen LogP contribution in [0.2, 0.25) is 5.02 Å². The fourth-order valence-corrected chi connectivity index (χ4v) is 8.73. The number of carbonyl (C=O) groups excluding carboxylic acids is 1. The molecule has 6 atom stereocenters. The molecule has 1 spiro atoms. The van der Waals surface area contributed by atoms with Gasteiger partial charge in [0.2, 0.25) is 10.0 Å². The van der Waals surface area contributed by atoms with E-state index in [4.69, 9.17) is 16.3 Å². The number of rotatable bonds is 11. The molecule has 1 amide bonds. The quantitative estimate of drug-likeness (QED) is 0.275. The molecule has 9 heteroatoms. The van der Waals surface area contributed by atoms with Crippen molar-refractivity contribution in [1.29, 1.82) is 0 Å². The van der Waals surface area contributed by atoms with E-state index in [1.807, 2.05) is 13.0 Å². The summed E-state index contributed by atoms with van der Waals surface area (Å²) in [5.74, 6) is 0.254. The van der Waals surface area contributed by atoms with Crippen molar-refractivity contribution in [3.63, 3.8) is 0 Å². The highest BCUT2D eigenvalue weighted by Gasteiger charge is 2.44. The lowest BCUT2D eigenvalue weighted by Crippen LogP contribution is -2.49. The van der Waals surface area contributed by atoms with Gasteiger partial charge in [-0.05, 0) is 111 Å². The minimum atomic E-state index is -3.91. The number of sulfonamides is 1. The largest absolute Gasteiger partial charge is 0.490 e. The number of benzene rings is 2. The van der Waals surface area contributed by atoms with Gasteiger partial charge >= 0.3 is 0 Å². The summed E-state index contributed by atoms with van der Waals surface area (Å²) in [7, 11) is -3.91. The maximum absolute atomic E-state index is 13.4. The van der Waals surface area contributed by atoms with Gasteiger partial charge < -0.3 is 14.7 Å². The Hall–Kier alpha value is -2.81. The molecule has 44 heavy (non-hydrogen) atoms. The van der Waals surface area contributed by atoms with E-state index in [1.54, 1.807) is 37.3 Å². The molecule has 2 aromatic carbocycles. The molecule has 238 valence electrons. The lowest BCUT2D eigenvalue weighted by Gasteiger charge is -2.45. The van der Waals surface area contributed by atoms with Crippen LogP contribution < -0.4 is 14.4 Å². The zero-order valence-electron chi connectivity index (χ0n) is 25.8. The van der Waals surface area contributed by atoms with Crippen LogP contribution in [-0.2, 0) is 21.9 Å². The number of aliphatic hydroxyl groups excluding tert-OH is 1. The van der Waals surface area contributed by atoms with E-state index >= 15 is 0 Å². The Morgan fingerprint density at radius 3 is 2.66 bits per heavy atom. The molecule has 0 aromatic heterocycles. The molecular weight excluding hydrogens is 596 g/mol. The second-order valence-electron chi connectivity index (χ2n) is 13.1. The topological polar surface area (TPSA) is 95.9 Å². The number of hydrogen-bond acceptors (Lipinski definition) is 6. The molecule has 0 bridgehead atoms. The average Bonchev–Trinajstić information content (AvgIpc) is 3.11. The summed E-state index contributed by atoms with van der Waals surface area (Å²) in [6.07, 6.45) is 9.00. The second kappa shape index (κ2) is 13.3. The van der Waals surface area contributed by atoms with Gasteiger partial charge in [0.05, 0.1) is 23.6 Å². The fraction of sp³-hybridized carbons (Fsp3) is 0.514. The van der Waals surface area contributed by atoms with Gasteiger partial charge in [0.15, 0.2) is 0 Å². The van der Waals surface area contributed by atoms with Crippen molar-refractivity contribution in [3.05, 3.63) is 83.4 Å². The molecule has 7 nitrogen and oxygen atoms in total. The number of aliphatic hydroxyl groups is 1. The first-order valence-electron chi connectivity index (χ1n) is 15.7. The van der Waals surface area contributed by atoms with E-state index < -0.39 is 27.3 Å². The first-order chi connectivity index (χ1) is 21.0. The maximum Gasteiger partial charge on any atom is 0.264 e. The normalized spacial score (nSPS) is 24.9. The van der Waals surface area contributed by atoms with Crippen molar-refractivity contribution in [1.82, 2.24) is 4.72 Å². The number of aryl methyl sites for hydroxylation is 1. The van der Waals surface area contributed by atoms with E-state index in [9.17, 15) is 18.3 Å². The molecule has 5 rings (SSSR count). The third-order valence-electron chi connectivity index (χ3n) is 10.2.